The number of nitrogens with zero attached hydrogens (tertiary/aromatic N) is 1. The van der Waals surface area contributed by atoms with E-state index in [0.717, 1.165) is 5.39 Å². The molecule has 0 atom stereocenters. The maximum Gasteiger partial charge on any atom is 0.336 e. The Kier molecular flexibility index (Phi) is 3.12. The molecule has 1 amide bonds. The van der Waals surface area contributed by atoms with Gasteiger partial charge in [0.15, 0.2) is 0 Å². The fourth-order valence-electron chi connectivity index (χ4n) is 2.13. The Labute approximate surface area is 119 Å². The molecule has 1 aromatic heterocycles. The monoisotopic (exact) mass is 281 g/mol. The molecule has 0 aliphatic carbocycles. The van der Waals surface area contributed by atoms with Crippen LogP contribution in [-0.4, -0.2) is 27.2 Å². The predicted octanol–water partition coefficient (Wildman–Crippen LogP) is 2.51. The van der Waals surface area contributed by atoms with Crippen LogP contribution in [0.1, 0.15) is 20.7 Å². The Morgan fingerprint density at radius 1 is 1.05 bits per heavy atom. The minimum Gasteiger partial charge on any atom is -0.478 e. The number of amides is 1. The van der Waals surface area contributed by atoms with Crippen molar-refractivity contribution in [3.63, 3.8) is 0 Å². The molecule has 0 aliphatic rings. The second-order valence-electron chi connectivity index (χ2n) is 4.44. The van der Waals surface area contributed by atoms with Gasteiger partial charge in [-0.3, -0.25) is 9.89 Å². The Balaban J connectivity index is 1.97. The number of hydrogen-bond donors (Lipinski definition) is 3. The van der Waals surface area contributed by atoms with E-state index in [1.165, 1.54) is 12.1 Å². The Morgan fingerprint density at radius 2 is 1.81 bits per heavy atom. The Bertz CT molecular complexity index is 839. The second-order valence-corrected chi connectivity index (χ2v) is 4.44. The van der Waals surface area contributed by atoms with Crippen molar-refractivity contribution >= 4 is 28.5 Å². The van der Waals surface area contributed by atoms with Crippen molar-refractivity contribution in [2.24, 2.45) is 0 Å². The molecule has 2 aromatic carbocycles. The molecule has 0 aliphatic heterocycles. The number of rotatable bonds is 3. The summed E-state index contributed by atoms with van der Waals surface area (Å²) in [5, 5.41) is 19.4. The van der Waals surface area contributed by atoms with Crippen LogP contribution < -0.4 is 5.32 Å². The summed E-state index contributed by atoms with van der Waals surface area (Å²) in [6.07, 6.45) is 1.65. The molecule has 3 N–H and O–H groups in total. The Morgan fingerprint density at radius 3 is 2.57 bits per heavy atom. The summed E-state index contributed by atoms with van der Waals surface area (Å²) in [6.45, 7) is 0. The average Bonchev–Trinajstić information content (AvgIpc) is 2.96. The first kappa shape index (κ1) is 12.9. The van der Waals surface area contributed by atoms with Crippen molar-refractivity contribution in [2.75, 3.05) is 5.32 Å². The smallest absolute Gasteiger partial charge is 0.336 e. The lowest BCUT2D eigenvalue weighted by molar-refractivity contribution is 0.0692. The third-order valence-corrected chi connectivity index (χ3v) is 3.13. The first-order chi connectivity index (χ1) is 10.2. The molecular weight excluding hydrogens is 270 g/mol. The largest absolute Gasteiger partial charge is 0.478 e. The molecular formula is C15H11N3O3. The number of aromatic carboxylic acids is 1. The number of hydrogen-bond acceptors (Lipinski definition) is 3. The van der Waals surface area contributed by atoms with Gasteiger partial charge in [0.25, 0.3) is 5.91 Å². The number of anilines is 1. The number of carbonyl (C=O) groups excluding carboxylic acids is 1. The summed E-state index contributed by atoms with van der Waals surface area (Å²) < 4.78 is 0. The third-order valence-electron chi connectivity index (χ3n) is 3.13. The molecule has 3 rings (SSSR count). The topological polar surface area (TPSA) is 95.1 Å². The molecule has 6 heteroatoms. The van der Waals surface area contributed by atoms with Gasteiger partial charge in [-0.05, 0) is 18.2 Å². The first-order valence-corrected chi connectivity index (χ1v) is 6.22. The molecule has 104 valence electrons. The molecule has 21 heavy (non-hydrogen) atoms. The van der Waals surface area contributed by atoms with Crippen LogP contribution in [0, 0.1) is 0 Å². The van der Waals surface area contributed by atoms with Gasteiger partial charge in [0, 0.05) is 5.39 Å². The minimum absolute atomic E-state index is 0.0354. The minimum atomic E-state index is -1.14. The van der Waals surface area contributed by atoms with E-state index in [9.17, 15) is 9.59 Å². The van der Waals surface area contributed by atoms with E-state index >= 15 is 0 Å². The fourth-order valence-corrected chi connectivity index (χ4v) is 2.13. The maximum absolute atomic E-state index is 12.3. The molecule has 0 fully saturated rings. The van der Waals surface area contributed by atoms with Crippen molar-refractivity contribution in [1.82, 2.24) is 10.2 Å². The van der Waals surface area contributed by atoms with Crippen molar-refractivity contribution in [1.29, 1.82) is 0 Å². The third kappa shape index (κ3) is 2.34. The highest BCUT2D eigenvalue weighted by Gasteiger charge is 2.16. The number of carbonyl (C=O) groups is 2. The van der Waals surface area contributed by atoms with Crippen LogP contribution in [0.2, 0.25) is 0 Å². The van der Waals surface area contributed by atoms with Gasteiger partial charge in [-0.2, -0.15) is 5.10 Å². The summed E-state index contributed by atoms with van der Waals surface area (Å²) in [5.74, 6) is -1.62. The molecule has 0 saturated heterocycles. The number of para-hydroxylation sites is 1. The molecule has 0 bridgehead atoms. The van der Waals surface area contributed by atoms with Gasteiger partial charge in [0.05, 0.1) is 28.5 Å². The zero-order chi connectivity index (χ0) is 14.8. The van der Waals surface area contributed by atoms with Crippen LogP contribution >= 0.6 is 0 Å². The van der Waals surface area contributed by atoms with Gasteiger partial charge in [0.2, 0.25) is 0 Å². The van der Waals surface area contributed by atoms with Gasteiger partial charge in [-0.25, -0.2) is 4.79 Å². The lowest BCUT2D eigenvalue weighted by Gasteiger charge is -2.08. The van der Waals surface area contributed by atoms with Gasteiger partial charge in [-0.1, -0.05) is 24.3 Å². The van der Waals surface area contributed by atoms with Crippen molar-refractivity contribution in [3.8, 4) is 0 Å². The normalized spacial score (nSPS) is 10.5. The molecule has 3 aromatic rings. The number of fused-ring (bicyclic) bond motifs is 1. The molecule has 0 unspecified atom stereocenters. The highest BCUT2D eigenvalue weighted by atomic mass is 16.4. The van der Waals surface area contributed by atoms with E-state index < -0.39 is 11.9 Å². The highest BCUT2D eigenvalue weighted by Crippen LogP contribution is 2.21. The average molecular weight is 281 g/mol. The van der Waals surface area contributed by atoms with E-state index in [-0.39, 0.29) is 11.1 Å². The number of carboxylic acid groups (broad SMARTS) is 1. The van der Waals surface area contributed by atoms with Gasteiger partial charge >= 0.3 is 5.97 Å². The number of nitrogens with one attached hydrogen (secondary N) is 2. The van der Waals surface area contributed by atoms with Crippen LogP contribution in [0.4, 0.5) is 5.69 Å². The standard InChI is InChI=1S/C15H11N3O3/c19-14(10-5-1-2-6-11(10)15(20)21)17-12-7-3-4-9-8-16-18-13(9)12/h1-8H,(H,16,18)(H,17,19)(H,20,21). The lowest BCUT2D eigenvalue weighted by Crippen LogP contribution is -2.16. The number of benzene rings is 2. The maximum atomic E-state index is 12.3. The van der Waals surface area contributed by atoms with Crippen LogP contribution in [0.5, 0.6) is 0 Å². The van der Waals surface area contributed by atoms with Gasteiger partial charge in [-0.15, -0.1) is 0 Å². The van der Waals surface area contributed by atoms with Crippen LogP contribution in [0.3, 0.4) is 0 Å². The fraction of sp³-hybridized carbons (Fsp3) is 0. The van der Waals surface area contributed by atoms with E-state index in [4.69, 9.17) is 5.11 Å². The summed E-state index contributed by atoms with van der Waals surface area (Å²) in [6, 6.07) is 11.5. The van der Waals surface area contributed by atoms with Gasteiger partial charge in [0.1, 0.15) is 0 Å². The highest BCUT2D eigenvalue weighted by molar-refractivity contribution is 6.12. The summed E-state index contributed by atoms with van der Waals surface area (Å²) in [4.78, 5) is 23.4. The van der Waals surface area contributed by atoms with E-state index in [1.807, 2.05) is 6.07 Å². The van der Waals surface area contributed by atoms with Crippen LogP contribution in [0.15, 0.2) is 48.7 Å². The lowest BCUT2D eigenvalue weighted by atomic mass is 10.1. The number of aromatic nitrogens is 2. The zero-order valence-electron chi connectivity index (χ0n) is 10.8. The molecule has 0 radical (unpaired) electrons. The Hall–Kier alpha value is -3.15. The van der Waals surface area contributed by atoms with Crippen molar-refractivity contribution in [3.05, 3.63) is 59.8 Å². The SMILES string of the molecule is O=C(O)c1ccccc1C(=O)Nc1cccc2cn[nH]c12. The van der Waals surface area contributed by atoms with Crippen LogP contribution in [0.25, 0.3) is 10.9 Å². The molecule has 0 spiro atoms. The molecule has 1 heterocycles. The molecule has 6 nitrogen and oxygen atoms in total. The van der Waals surface area contributed by atoms with Crippen molar-refractivity contribution < 1.29 is 14.7 Å². The zero-order valence-corrected chi connectivity index (χ0v) is 10.8. The van der Waals surface area contributed by atoms with Crippen LogP contribution in [-0.2, 0) is 0 Å². The quantitative estimate of drug-likeness (QED) is 0.687. The van der Waals surface area contributed by atoms with Gasteiger partial charge < -0.3 is 10.4 Å². The number of aromatic amines is 1. The first-order valence-electron chi connectivity index (χ1n) is 6.22. The predicted molar refractivity (Wildman–Crippen MR) is 77.4 cm³/mol. The number of carboxylic acids is 1. The van der Waals surface area contributed by atoms with E-state index in [1.54, 1.807) is 30.5 Å². The second kappa shape index (κ2) is 5.09. The van der Waals surface area contributed by atoms with E-state index in [0.29, 0.717) is 11.2 Å². The summed E-state index contributed by atoms with van der Waals surface area (Å²) in [5.41, 5.74) is 1.32. The van der Waals surface area contributed by atoms with Crippen molar-refractivity contribution in [2.45, 2.75) is 0 Å². The molecule has 0 saturated carbocycles. The number of H-pyrrole nitrogens is 1. The summed E-state index contributed by atoms with van der Waals surface area (Å²) >= 11 is 0. The van der Waals surface area contributed by atoms with E-state index in [2.05, 4.69) is 15.5 Å². The summed E-state index contributed by atoms with van der Waals surface area (Å²) in [7, 11) is 0.